The van der Waals surface area contributed by atoms with E-state index in [-0.39, 0.29) is 23.8 Å². The maximum atomic E-state index is 13.2. The van der Waals surface area contributed by atoms with E-state index in [1.807, 2.05) is 0 Å². The highest BCUT2D eigenvalue weighted by atomic mass is 19.4. The van der Waals surface area contributed by atoms with Crippen LogP contribution in [0.1, 0.15) is 47.5 Å². The Balaban J connectivity index is 1.77. The van der Waals surface area contributed by atoms with Gasteiger partial charge in [-0.3, -0.25) is 14.4 Å². The van der Waals surface area contributed by atoms with Crippen molar-refractivity contribution in [3.8, 4) is 0 Å². The van der Waals surface area contributed by atoms with Crippen LogP contribution in [0.4, 0.5) is 13.2 Å². The number of rotatable bonds is 7. The zero-order valence-corrected chi connectivity index (χ0v) is 16.7. The van der Waals surface area contributed by atoms with Crippen LogP contribution in [0.3, 0.4) is 0 Å². The molecule has 1 aromatic carbocycles. The lowest BCUT2D eigenvalue weighted by Crippen LogP contribution is -2.48. The number of nitrogens with zero attached hydrogens (tertiary/aromatic N) is 1. The standard InChI is InChI=1S/C21H22F3N3O4/c1-13(25-20(30)17-7-4-10-31-17)19(29)26-16(12-27-9-3-8-18(27)28)14-5-2-6-15(11-14)21(22,23)24/h2,4-7,10-11,13,16H,3,8-9,12H2,1H3,(H,25,30)(H,26,29)/t13-,16-/m0/s1. The molecule has 2 atom stereocenters. The lowest BCUT2D eigenvalue weighted by Gasteiger charge is -2.27. The average molecular weight is 437 g/mol. The molecule has 0 bridgehead atoms. The van der Waals surface area contributed by atoms with E-state index in [0.29, 0.717) is 19.4 Å². The molecule has 2 aromatic rings. The smallest absolute Gasteiger partial charge is 0.416 e. The van der Waals surface area contributed by atoms with Crippen LogP contribution >= 0.6 is 0 Å². The maximum absolute atomic E-state index is 13.2. The van der Waals surface area contributed by atoms with E-state index in [0.717, 1.165) is 12.1 Å². The van der Waals surface area contributed by atoms with Crippen LogP contribution in [0.15, 0.2) is 47.1 Å². The van der Waals surface area contributed by atoms with Gasteiger partial charge in [0.1, 0.15) is 6.04 Å². The van der Waals surface area contributed by atoms with Crippen LogP contribution in [0, 0.1) is 0 Å². The van der Waals surface area contributed by atoms with E-state index in [4.69, 9.17) is 4.42 Å². The van der Waals surface area contributed by atoms with Crippen LogP contribution in [0.5, 0.6) is 0 Å². The number of nitrogens with one attached hydrogen (secondary N) is 2. The Morgan fingerprint density at radius 1 is 1.19 bits per heavy atom. The molecule has 3 rings (SSSR count). The molecule has 31 heavy (non-hydrogen) atoms. The number of hydrogen-bond donors (Lipinski definition) is 2. The average Bonchev–Trinajstić information content (AvgIpc) is 3.39. The van der Waals surface area contributed by atoms with Crippen molar-refractivity contribution in [3.05, 3.63) is 59.5 Å². The molecule has 1 aliphatic rings. The summed E-state index contributed by atoms with van der Waals surface area (Å²) in [5, 5.41) is 5.14. The van der Waals surface area contributed by atoms with Crippen LogP contribution in [0.2, 0.25) is 0 Å². The first kappa shape index (κ1) is 22.4. The number of benzene rings is 1. The highest BCUT2D eigenvalue weighted by Crippen LogP contribution is 2.31. The number of halogens is 3. The summed E-state index contributed by atoms with van der Waals surface area (Å²) in [5.41, 5.74) is -0.636. The van der Waals surface area contributed by atoms with Gasteiger partial charge in [-0.05, 0) is 43.2 Å². The summed E-state index contributed by atoms with van der Waals surface area (Å²) >= 11 is 0. The van der Waals surface area contributed by atoms with Gasteiger partial charge in [-0.2, -0.15) is 13.2 Å². The Kier molecular flexibility index (Phi) is 6.67. The Bertz CT molecular complexity index is 944. The summed E-state index contributed by atoms with van der Waals surface area (Å²) in [6, 6.07) is 5.71. The summed E-state index contributed by atoms with van der Waals surface area (Å²) in [7, 11) is 0. The molecule has 0 aliphatic carbocycles. The molecule has 1 fully saturated rings. The van der Waals surface area contributed by atoms with E-state index >= 15 is 0 Å². The van der Waals surface area contributed by atoms with E-state index < -0.39 is 35.6 Å². The SMILES string of the molecule is C[C@H](NC(=O)c1ccco1)C(=O)N[C@@H](CN1CCCC1=O)c1cccc(C(F)(F)F)c1. The number of carbonyl (C=O) groups excluding carboxylic acids is 3. The predicted molar refractivity (Wildman–Crippen MR) is 104 cm³/mol. The van der Waals surface area contributed by atoms with E-state index in [1.54, 1.807) is 0 Å². The number of hydrogen-bond acceptors (Lipinski definition) is 4. The van der Waals surface area contributed by atoms with Crippen molar-refractivity contribution in [1.82, 2.24) is 15.5 Å². The summed E-state index contributed by atoms with van der Waals surface area (Å²) in [4.78, 5) is 38.3. The third kappa shape index (κ3) is 5.65. The largest absolute Gasteiger partial charge is 0.459 e. The molecule has 10 heteroatoms. The minimum atomic E-state index is -4.54. The van der Waals surface area contributed by atoms with Crippen LogP contribution in [-0.4, -0.2) is 41.8 Å². The number of carbonyl (C=O) groups is 3. The first-order valence-electron chi connectivity index (χ1n) is 9.75. The second-order valence-corrected chi connectivity index (χ2v) is 7.30. The molecule has 0 saturated carbocycles. The van der Waals surface area contributed by atoms with Gasteiger partial charge in [0.05, 0.1) is 17.9 Å². The lowest BCUT2D eigenvalue weighted by atomic mass is 10.0. The van der Waals surface area contributed by atoms with Crippen LogP contribution in [-0.2, 0) is 15.8 Å². The second kappa shape index (κ2) is 9.23. The minimum absolute atomic E-state index is 0.0248. The first-order chi connectivity index (χ1) is 14.6. The topological polar surface area (TPSA) is 91.7 Å². The summed E-state index contributed by atoms with van der Waals surface area (Å²) < 4.78 is 44.5. The summed E-state index contributed by atoms with van der Waals surface area (Å²) in [6.07, 6.45) is -2.22. The molecule has 2 N–H and O–H groups in total. The normalized spacial score (nSPS) is 16.1. The lowest BCUT2D eigenvalue weighted by molar-refractivity contribution is -0.137. The van der Waals surface area contributed by atoms with Crippen molar-refractivity contribution in [2.75, 3.05) is 13.1 Å². The number of likely N-dealkylation sites (tertiary alicyclic amines) is 1. The Labute approximate surface area is 176 Å². The highest BCUT2D eigenvalue weighted by molar-refractivity contribution is 5.95. The quantitative estimate of drug-likeness (QED) is 0.697. The van der Waals surface area contributed by atoms with E-state index in [9.17, 15) is 27.6 Å². The number of alkyl halides is 3. The van der Waals surface area contributed by atoms with Crippen molar-refractivity contribution in [2.45, 2.75) is 38.0 Å². The molecular formula is C21H22F3N3O4. The fourth-order valence-corrected chi connectivity index (χ4v) is 3.32. The third-order valence-corrected chi connectivity index (χ3v) is 4.99. The molecular weight excluding hydrogens is 415 g/mol. The molecule has 7 nitrogen and oxygen atoms in total. The summed E-state index contributed by atoms with van der Waals surface area (Å²) in [5.74, 6) is -1.30. The molecule has 0 radical (unpaired) electrons. The van der Waals surface area contributed by atoms with Gasteiger partial charge in [-0.15, -0.1) is 0 Å². The van der Waals surface area contributed by atoms with Gasteiger partial charge in [0.25, 0.3) is 5.91 Å². The van der Waals surface area contributed by atoms with Crippen molar-refractivity contribution in [3.63, 3.8) is 0 Å². The van der Waals surface area contributed by atoms with Crippen molar-refractivity contribution in [2.24, 2.45) is 0 Å². The number of furan rings is 1. The summed E-state index contributed by atoms with van der Waals surface area (Å²) in [6.45, 7) is 1.94. The van der Waals surface area contributed by atoms with Crippen LogP contribution < -0.4 is 10.6 Å². The zero-order valence-electron chi connectivity index (χ0n) is 16.7. The molecule has 3 amide bonds. The Morgan fingerprint density at radius 3 is 2.58 bits per heavy atom. The van der Waals surface area contributed by atoms with Crippen molar-refractivity contribution < 1.29 is 32.0 Å². The number of amides is 3. The molecule has 1 saturated heterocycles. The molecule has 0 unspecified atom stereocenters. The first-order valence-corrected chi connectivity index (χ1v) is 9.75. The van der Waals surface area contributed by atoms with Gasteiger partial charge in [-0.25, -0.2) is 0 Å². The fourth-order valence-electron chi connectivity index (χ4n) is 3.32. The van der Waals surface area contributed by atoms with E-state index in [2.05, 4.69) is 10.6 Å². The third-order valence-electron chi connectivity index (χ3n) is 4.99. The van der Waals surface area contributed by atoms with Crippen LogP contribution in [0.25, 0.3) is 0 Å². The van der Waals surface area contributed by atoms with Gasteiger partial charge >= 0.3 is 6.18 Å². The highest BCUT2D eigenvalue weighted by Gasteiger charge is 2.32. The van der Waals surface area contributed by atoms with E-state index in [1.165, 1.54) is 42.4 Å². The Hall–Kier alpha value is -3.30. The van der Waals surface area contributed by atoms with Gasteiger partial charge in [0.2, 0.25) is 11.8 Å². The van der Waals surface area contributed by atoms with Crippen molar-refractivity contribution in [1.29, 1.82) is 0 Å². The fraction of sp³-hybridized carbons (Fsp3) is 0.381. The molecule has 1 aromatic heterocycles. The van der Waals surface area contributed by atoms with Gasteiger partial charge < -0.3 is 20.0 Å². The predicted octanol–water partition coefficient (Wildman–Crippen LogP) is 2.90. The molecule has 166 valence electrons. The van der Waals surface area contributed by atoms with Gasteiger partial charge in [-0.1, -0.05) is 12.1 Å². The monoisotopic (exact) mass is 437 g/mol. The molecule has 0 spiro atoms. The van der Waals surface area contributed by atoms with Crippen molar-refractivity contribution >= 4 is 17.7 Å². The Morgan fingerprint density at radius 2 is 1.97 bits per heavy atom. The molecule has 2 heterocycles. The van der Waals surface area contributed by atoms with Gasteiger partial charge in [0, 0.05) is 19.5 Å². The van der Waals surface area contributed by atoms with Gasteiger partial charge in [0.15, 0.2) is 5.76 Å². The minimum Gasteiger partial charge on any atom is -0.459 e. The second-order valence-electron chi connectivity index (χ2n) is 7.30. The maximum Gasteiger partial charge on any atom is 0.416 e. The zero-order chi connectivity index (χ0) is 22.6. The molecule has 1 aliphatic heterocycles.